The second-order valence-electron chi connectivity index (χ2n) is 6.74. The van der Waals surface area contributed by atoms with Gasteiger partial charge in [-0.2, -0.15) is 18.2 Å². The molecular formula is C23H16F3N3O3. The molecule has 1 N–H and O–H groups in total. The molecule has 0 aliphatic carbocycles. The van der Waals surface area contributed by atoms with Crippen LogP contribution in [-0.2, 0) is 6.18 Å². The molecule has 3 aromatic carbocycles. The van der Waals surface area contributed by atoms with Gasteiger partial charge in [-0.3, -0.25) is 4.79 Å². The van der Waals surface area contributed by atoms with E-state index in [1.54, 1.807) is 36.4 Å². The van der Waals surface area contributed by atoms with E-state index in [9.17, 15) is 18.0 Å². The highest BCUT2D eigenvalue weighted by Gasteiger charge is 2.30. The number of nitrogens with one attached hydrogen (secondary N) is 1. The van der Waals surface area contributed by atoms with E-state index in [0.29, 0.717) is 22.6 Å². The first-order chi connectivity index (χ1) is 15.3. The number of aromatic nitrogens is 2. The lowest BCUT2D eigenvalue weighted by Gasteiger charge is -2.09. The Morgan fingerprint density at radius 3 is 2.56 bits per heavy atom. The van der Waals surface area contributed by atoms with Crippen LogP contribution in [0.3, 0.4) is 0 Å². The number of nitrogens with zero attached hydrogens (tertiary/aromatic N) is 2. The van der Waals surface area contributed by atoms with Gasteiger partial charge in [0.15, 0.2) is 0 Å². The Morgan fingerprint density at radius 2 is 1.78 bits per heavy atom. The summed E-state index contributed by atoms with van der Waals surface area (Å²) in [5.41, 5.74) is 0.547. The van der Waals surface area contributed by atoms with Crippen molar-refractivity contribution in [3.05, 3.63) is 83.9 Å². The van der Waals surface area contributed by atoms with Crippen LogP contribution in [0.5, 0.6) is 5.75 Å². The van der Waals surface area contributed by atoms with Gasteiger partial charge in [0.1, 0.15) is 5.75 Å². The molecule has 32 heavy (non-hydrogen) atoms. The van der Waals surface area contributed by atoms with Gasteiger partial charge in [0.2, 0.25) is 5.82 Å². The molecule has 0 aliphatic rings. The zero-order valence-electron chi connectivity index (χ0n) is 16.7. The van der Waals surface area contributed by atoms with Crippen molar-refractivity contribution in [2.24, 2.45) is 0 Å². The summed E-state index contributed by atoms with van der Waals surface area (Å²) in [5.74, 6) is 0.442. The minimum absolute atomic E-state index is 0.108. The summed E-state index contributed by atoms with van der Waals surface area (Å²) in [6, 6.07) is 18.0. The van der Waals surface area contributed by atoms with Crippen LogP contribution < -0.4 is 10.1 Å². The topological polar surface area (TPSA) is 77.2 Å². The summed E-state index contributed by atoms with van der Waals surface area (Å²) < 4.78 is 49.4. The van der Waals surface area contributed by atoms with Gasteiger partial charge in [0, 0.05) is 16.8 Å². The minimum Gasteiger partial charge on any atom is -0.496 e. The quantitative estimate of drug-likeness (QED) is 0.433. The van der Waals surface area contributed by atoms with Gasteiger partial charge in [0.05, 0.1) is 18.2 Å². The molecule has 0 saturated heterocycles. The molecule has 4 rings (SSSR count). The third-order valence-corrected chi connectivity index (χ3v) is 4.59. The number of halogens is 3. The molecule has 1 heterocycles. The average Bonchev–Trinajstić information content (AvgIpc) is 3.29. The van der Waals surface area contributed by atoms with Gasteiger partial charge in [-0.05, 0) is 42.5 Å². The van der Waals surface area contributed by atoms with E-state index < -0.39 is 17.6 Å². The first-order valence-corrected chi connectivity index (χ1v) is 9.41. The number of methoxy groups -OCH3 is 1. The number of hydrogen-bond donors (Lipinski definition) is 1. The molecule has 1 aromatic heterocycles. The Bertz CT molecular complexity index is 1270. The highest BCUT2D eigenvalue weighted by atomic mass is 19.4. The number of amides is 1. The zero-order valence-corrected chi connectivity index (χ0v) is 16.7. The number of anilines is 1. The number of benzene rings is 3. The number of ether oxygens (including phenoxy) is 1. The third kappa shape index (κ3) is 4.46. The van der Waals surface area contributed by atoms with E-state index in [4.69, 9.17) is 9.26 Å². The van der Waals surface area contributed by atoms with E-state index in [0.717, 1.165) is 12.1 Å². The summed E-state index contributed by atoms with van der Waals surface area (Å²) in [7, 11) is 1.53. The Kier molecular flexibility index (Phi) is 5.63. The van der Waals surface area contributed by atoms with E-state index in [1.807, 2.05) is 12.1 Å². The molecule has 4 aromatic rings. The molecule has 0 radical (unpaired) electrons. The smallest absolute Gasteiger partial charge is 0.416 e. The van der Waals surface area contributed by atoms with Crippen LogP contribution in [0.4, 0.5) is 18.9 Å². The average molecular weight is 439 g/mol. The molecule has 0 unspecified atom stereocenters. The van der Waals surface area contributed by atoms with Crippen LogP contribution >= 0.6 is 0 Å². The van der Waals surface area contributed by atoms with Crippen LogP contribution in [0, 0.1) is 0 Å². The number of carbonyl (C=O) groups excluding carboxylic acids is 1. The molecule has 0 fully saturated rings. The van der Waals surface area contributed by atoms with Crippen LogP contribution in [0.25, 0.3) is 22.8 Å². The van der Waals surface area contributed by atoms with Gasteiger partial charge in [-0.1, -0.05) is 35.5 Å². The van der Waals surface area contributed by atoms with Gasteiger partial charge < -0.3 is 14.6 Å². The highest BCUT2D eigenvalue weighted by molar-refractivity contribution is 6.04. The normalized spacial score (nSPS) is 11.2. The van der Waals surface area contributed by atoms with Crippen molar-refractivity contribution in [1.29, 1.82) is 0 Å². The van der Waals surface area contributed by atoms with E-state index in [2.05, 4.69) is 15.5 Å². The van der Waals surface area contributed by atoms with Gasteiger partial charge in [0.25, 0.3) is 11.8 Å². The SMILES string of the molecule is COc1ccccc1-c1nc(-c2cccc(NC(=O)c3cccc(C(F)(F)F)c3)c2)no1. The van der Waals surface area contributed by atoms with Crippen molar-refractivity contribution in [2.75, 3.05) is 12.4 Å². The van der Waals surface area contributed by atoms with E-state index >= 15 is 0 Å². The first-order valence-electron chi connectivity index (χ1n) is 9.41. The van der Waals surface area contributed by atoms with Crippen LogP contribution in [0.15, 0.2) is 77.3 Å². The third-order valence-electron chi connectivity index (χ3n) is 4.59. The Morgan fingerprint density at radius 1 is 1.00 bits per heavy atom. The lowest BCUT2D eigenvalue weighted by Crippen LogP contribution is -2.14. The molecule has 0 atom stereocenters. The second kappa shape index (κ2) is 8.54. The maximum Gasteiger partial charge on any atom is 0.416 e. The second-order valence-corrected chi connectivity index (χ2v) is 6.74. The highest BCUT2D eigenvalue weighted by Crippen LogP contribution is 2.31. The molecule has 9 heteroatoms. The van der Waals surface area contributed by atoms with Crippen LogP contribution in [-0.4, -0.2) is 23.2 Å². The maximum atomic E-state index is 12.9. The standard InChI is InChI=1S/C23H16F3N3O3/c1-31-19-11-3-2-10-18(19)22-28-20(29-32-22)14-6-5-9-17(13-14)27-21(30)15-7-4-8-16(12-15)23(24,25)26/h2-13H,1H3,(H,27,30). The molecule has 0 spiro atoms. The van der Waals surface area contributed by atoms with E-state index in [1.165, 1.54) is 19.2 Å². The fourth-order valence-corrected chi connectivity index (χ4v) is 3.05. The monoisotopic (exact) mass is 439 g/mol. The fourth-order valence-electron chi connectivity index (χ4n) is 3.05. The van der Waals surface area contributed by atoms with Gasteiger partial charge in [-0.25, -0.2) is 0 Å². The van der Waals surface area contributed by atoms with Gasteiger partial charge >= 0.3 is 6.18 Å². The minimum atomic E-state index is -4.53. The predicted molar refractivity (Wildman–Crippen MR) is 111 cm³/mol. The largest absolute Gasteiger partial charge is 0.496 e. The molecule has 162 valence electrons. The first kappa shape index (κ1) is 21.1. The summed E-state index contributed by atoms with van der Waals surface area (Å²) in [6.45, 7) is 0. The molecule has 6 nitrogen and oxygen atoms in total. The number of alkyl halides is 3. The van der Waals surface area contributed by atoms with Gasteiger partial charge in [-0.15, -0.1) is 0 Å². The molecule has 0 aliphatic heterocycles. The fraction of sp³-hybridized carbons (Fsp3) is 0.0870. The Labute approximate surface area is 180 Å². The lowest BCUT2D eigenvalue weighted by atomic mass is 10.1. The zero-order chi connectivity index (χ0) is 22.7. The Balaban J connectivity index is 1.56. The molecule has 1 amide bonds. The van der Waals surface area contributed by atoms with E-state index in [-0.39, 0.29) is 17.3 Å². The van der Waals surface area contributed by atoms with Crippen molar-refractivity contribution in [1.82, 2.24) is 10.1 Å². The maximum absolute atomic E-state index is 12.9. The molecule has 0 saturated carbocycles. The summed E-state index contributed by atoms with van der Waals surface area (Å²) in [6.07, 6.45) is -4.53. The Hall–Kier alpha value is -4.14. The number of hydrogen-bond acceptors (Lipinski definition) is 5. The molecule has 0 bridgehead atoms. The lowest BCUT2D eigenvalue weighted by molar-refractivity contribution is -0.137. The van der Waals surface area contributed by atoms with Crippen molar-refractivity contribution in [3.63, 3.8) is 0 Å². The summed E-state index contributed by atoms with van der Waals surface area (Å²) in [4.78, 5) is 16.8. The number of para-hydroxylation sites is 1. The number of carbonyl (C=O) groups is 1. The number of rotatable bonds is 5. The van der Waals surface area contributed by atoms with Crippen molar-refractivity contribution < 1.29 is 27.2 Å². The summed E-state index contributed by atoms with van der Waals surface area (Å²) in [5, 5.41) is 6.57. The van der Waals surface area contributed by atoms with Crippen molar-refractivity contribution in [2.45, 2.75) is 6.18 Å². The van der Waals surface area contributed by atoms with Crippen molar-refractivity contribution >= 4 is 11.6 Å². The summed E-state index contributed by atoms with van der Waals surface area (Å²) >= 11 is 0. The van der Waals surface area contributed by atoms with Crippen LogP contribution in [0.1, 0.15) is 15.9 Å². The van der Waals surface area contributed by atoms with Crippen molar-refractivity contribution in [3.8, 4) is 28.6 Å². The predicted octanol–water partition coefficient (Wildman–Crippen LogP) is 5.68. The van der Waals surface area contributed by atoms with Crippen LogP contribution in [0.2, 0.25) is 0 Å². The molecular weight excluding hydrogens is 423 g/mol.